The number of benzene rings is 1. The summed E-state index contributed by atoms with van der Waals surface area (Å²) in [6, 6.07) is 6.36. The molecule has 0 aliphatic heterocycles. The van der Waals surface area contributed by atoms with Gasteiger partial charge in [-0.05, 0) is 24.3 Å². The number of carboxylic acids is 1. The van der Waals surface area contributed by atoms with Crippen LogP contribution in [0.5, 0.6) is 0 Å². The van der Waals surface area contributed by atoms with E-state index < -0.39 is 12.6 Å². The summed E-state index contributed by atoms with van der Waals surface area (Å²) in [6.45, 7) is -0.785. The zero-order chi connectivity index (χ0) is 13.5. The number of carbonyl (C=O) groups excluding carboxylic acids is 2. The number of carboxylic acid groups (broad SMARTS) is 1. The molecule has 0 atom stereocenters. The van der Waals surface area contributed by atoms with E-state index in [9.17, 15) is 14.4 Å². The third kappa shape index (κ3) is 3.99. The SMILES string of the molecule is CN(C=O)c1ccc(C(=O)COCC(=O)O)cc1. The molecule has 0 heterocycles. The van der Waals surface area contributed by atoms with Crippen molar-refractivity contribution in [2.45, 2.75) is 0 Å². The minimum atomic E-state index is -1.12. The number of aliphatic carboxylic acids is 1. The minimum absolute atomic E-state index is 0.283. The van der Waals surface area contributed by atoms with Crippen LogP contribution in [0.2, 0.25) is 0 Å². The van der Waals surface area contributed by atoms with Crippen LogP contribution < -0.4 is 4.90 Å². The van der Waals surface area contributed by atoms with Crippen LogP contribution in [0.4, 0.5) is 5.69 Å². The van der Waals surface area contributed by atoms with E-state index in [0.29, 0.717) is 17.7 Å². The second-order valence-corrected chi connectivity index (χ2v) is 3.57. The Balaban J connectivity index is 2.59. The van der Waals surface area contributed by atoms with Gasteiger partial charge in [0.15, 0.2) is 5.78 Å². The average Bonchev–Trinajstić information content (AvgIpc) is 2.37. The fraction of sp³-hybridized carbons (Fsp3) is 0.250. The Morgan fingerprint density at radius 3 is 2.39 bits per heavy atom. The number of hydrogen-bond acceptors (Lipinski definition) is 4. The number of ketones is 1. The Morgan fingerprint density at radius 1 is 1.28 bits per heavy atom. The van der Waals surface area contributed by atoms with Crippen molar-refractivity contribution in [2.75, 3.05) is 25.2 Å². The summed E-state index contributed by atoms with van der Waals surface area (Å²) in [5.41, 5.74) is 1.07. The average molecular weight is 251 g/mol. The molecule has 6 nitrogen and oxygen atoms in total. The summed E-state index contributed by atoms with van der Waals surface area (Å²) in [5.74, 6) is -1.43. The van der Waals surface area contributed by atoms with Crippen molar-refractivity contribution in [3.63, 3.8) is 0 Å². The lowest BCUT2D eigenvalue weighted by atomic mass is 10.1. The summed E-state index contributed by atoms with van der Waals surface area (Å²) >= 11 is 0. The normalized spacial score (nSPS) is 9.83. The summed E-state index contributed by atoms with van der Waals surface area (Å²) in [5, 5.41) is 8.35. The van der Waals surface area contributed by atoms with Crippen LogP contribution in [0.25, 0.3) is 0 Å². The molecule has 1 aromatic rings. The maximum Gasteiger partial charge on any atom is 0.329 e. The van der Waals surface area contributed by atoms with Gasteiger partial charge >= 0.3 is 5.97 Å². The highest BCUT2D eigenvalue weighted by Gasteiger charge is 2.08. The molecule has 0 radical (unpaired) electrons. The summed E-state index contributed by atoms with van der Waals surface area (Å²) in [6.07, 6.45) is 0.660. The van der Waals surface area contributed by atoms with Gasteiger partial charge < -0.3 is 14.7 Å². The number of amides is 1. The smallest absolute Gasteiger partial charge is 0.329 e. The molecule has 18 heavy (non-hydrogen) atoms. The van der Waals surface area contributed by atoms with Gasteiger partial charge in [0.05, 0.1) is 0 Å². The predicted molar refractivity (Wildman–Crippen MR) is 63.7 cm³/mol. The van der Waals surface area contributed by atoms with E-state index in [0.717, 1.165) is 0 Å². The molecule has 0 aliphatic carbocycles. The first kappa shape index (κ1) is 13.9. The van der Waals surface area contributed by atoms with E-state index in [1.54, 1.807) is 31.3 Å². The first-order valence-corrected chi connectivity index (χ1v) is 5.15. The van der Waals surface area contributed by atoms with Crippen molar-refractivity contribution in [1.29, 1.82) is 0 Å². The first-order chi connectivity index (χ1) is 8.54. The monoisotopic (exact) mass is 251 g/mol. The highest BCUT2D eigenvalue weighted by molar-refractivity contribution is 5.97. The fourth-order valence-corrected chi connectivity index (χ4v) is 1.26. The Labute approximate surface area is 104 Å². The van der Waals surface area contributed by atoms with Crippen molar-refractivity contribution in [3.8, 4) is 0 Å². The number of hydrogen-bond donors (Lipinski definition) is 1. The van der Waals surface area contributed by atoms with Gasteiger partial charge in [0.25, 0.3) is 0 Å². The van der Waals surface area contributed by atoms with Crippen LogP contribution in [-0.2, 0) is 14.3 Å². The maximum atomic E-state index is 11.6. The van der Waals surface area contributed by atoms with E-state index in [4.69, 9.17) is 9.84 Å². The zero-order valence-corrected chi connectivity index (χ0v) is 9.83. The number of anilines is 1. The summed E-state index contributed by atoms with van der Waals surface area (Å²) in [4.78, 5) is 33.7. The molecule has 0 aromatic heterocycles. The van der Waals surface area contributed by atoms with Crippen LogP contribution in [0, 0.1) is 0 Å². The molecule has 6 heteroatoms. The molecule has 1 amide bonds. The van der Waals surface area contributed by atoms with E-state index in [-0.39, 0.29) is 12.4 Å². The lowest BCUT2D eigenvalue weighted by molar-refractivity contribution is -0.141. The molecule has 0 fully saturated rings. The highest BCUT2D eigenvalue weighted by atomic mass is 16.5. The number of carbonyl (C=O) groups is 3. The summed E-state index contributed by atoms with van der Waals surface area (Å²) < 4.78 is 4.69. The largest absolute Gasteiger partial charge is 0.480 e. The molecular formula is C12H13NO5. The number of Topliss-reactive ketones (excluding diaryl/α,β-unsaturated/α-hetero) is 1. The van der Waals surface area contributed by atoms with Crippen LogP contribution >= 0.6 is 0 Å². The Morgan fingerprint density at radius 2 is 1.89 bits per heavy atom. The molecule has 0 aliphatic rings. The standard InChI is InChI=1S/C12H13NO5/c1-13(8-14)10-4-2-9(3-5-10)11(15)6-18-7-12(16)17/h2-5,8H,6-7H2,1H3,(H,16,17). The molecule has 0 unspecified atom stereocenters. The third-order valence-electron chi connectivity index (χ3n) is 2.21. The van der Waals surface area contributed by atoms with Crippen molar-refractivity contribution in [2.24, 2.45) is 0 Å². The highest BCUT2D eigenvalue weighted by Crippen LogP contribution is 2.12. The van der Waals surface area contributed by atoms with Crippen molar-refractivity contribution in [1.82, 2.24) is 0 Å². The van der Waals surface area contributed by atoms with E-state index in [2.05, 4.69) is 0 Å². The van der Waals surface area contributed by atoms with E-state index in [1.807, 2.05) is 0 Å². The molecule has 0 saturated carbocycles. The van der Waals surface area contributed by atoms with Gasteiger partial charge in [0, 0.05) is 18.3 Å². The van der Waals surface area contributed by atoms with Gasteiger partial charge in [-0.2, -0.15) is 0 Å². The van der Waals surface area contributed by atoms with Gasteiger partial charge in [-0.15, -0.1) is 0 Å². The van der Waals surface area contributed by atoms with Crippen molar-refractivity contribution >= 4 is 23.9 Å². The Bertz CT molecular complexity index is 440. The molecular weight excluding hydrogens is 238 g/mol. The zero-order valence-electron chi connectivity index (χ0n) is 9.83. The van der Waals surface area contributed by atoms with Crippen LogP contribution in [0.15, 0.2) is 24.3 Å². The molecule has 1 N–H and O–H groups in total. The molecule has 1 rings (SSSR count). The van der Waals surface area contributed by atoms with Crippen molar-refractivity contribution < 1.29 is 24.2 Å². The van der Waals surface area contributed by atoms with Crippen LogP contribution in [-0.4, -0.2) is 43.5 Å². The first-order valence-electron chi connectivity index (χ1n) is 5.15. The minimum Gasteiger partial charge on any atom is -0.480 e. The Hall–Kier alpha value is -2.21. The summed E-state index contributed by atoms with van der Waals surface area (Å²) in [7, 11) is 1.60. The van der Waals surface area contributed by atoms with Crippen molar-refractivity contribution in [3.05, 3.63) is 29.8 Å². The quantitative estimate of drug-likeness (QED) is 0.565. The predicted octanol–water partition coefficient (Wildman–Crippen LogP) is 0.563. The topological polar surface area (TPSA) is 83.9 Å². The maximum absolute atomic E-state index is 11.6. The second kappa shape index (κ2) is 6.51. The van der Waals surface area contributed by atoms with Crippen LogP contribution in [0.3, 0.4) is 0 Å². The molecule has 0 saturated heterocycles. The van der Waals surface area contributed by atoms with E-state index in [1.165, 1.54) is 4.90 Å². The number of nitrogens with zero attached hydrogens (tertiary/aromatic N) is 1. The number of ether oxygens (including phenoxy) is 1. The molecule has 0 spiro atoms. The van der Waals surface area contributed by atoms with Gasteiger partial charge in [0.1, 0.15) is 13.2 Å². The lowest BCUT2D eigenvalue weighted by Crippen LogP contribution is -2.15. The van der Waals surface area contributed by atoms with E-state index >= 15 is 0 Å². The molecule has 1 aromatic carbocycles. The third-order valence-corrected chi connectivity index (χ3v) is 2.21. The van der Waals surface area contributed by atoms with Gasteiger partial charge in [-0.3, -0.25) is 9.59 Å². The fourth-order valence-electron chi connectivity index (χ4n) is 1.26. The van der Waals surface area contributed by atoms with Crippen LogP contribution in [0.1, 0.15) is 10.4 Å². The molecule has 96 valence electrons. The van der Waals surface area contributed by atoms with Gasteiger partial charge in [-0.1, -0.05) is 0 Å². The Kier molecular flexibility index (Phi) is 5.01. The lowest BCUT2D eigenvalue weighted by Gasteiger charge is -2.10. The van der Waals surface area contributed by atoms with Gasteiger partial charge in [0.2, 0.25) is 6.41 Å². The second-order valence-electron chi connectivity index (χ2n) is 3.57. The molecule has 0 bridgehead atoms. The number of rotatable bonds is 7. The van der Waals surface area contributed by atoms with Gasteiger partial charge in [-0.25, -0.2) is 4.79 Å².